The average molecular weight is 309 g/mol. The predicted molar refractivity (Wildman–Crippen MR) is 75.5 cm³/mol. The van der Waals surface area contributed by atoms with Crippen LogP contribution in [0.25, 0.3) is 0 Å². The highest BCUT2D eigenvalue weighted by Crippen LogP contribution is 2.26. The number of nitrogens with one attached hydrogen (secondary N) is 1. The normalized spacial score (nSPS) is 24.2. The zero-order valence-electron chi connectivity index (χ0n) is 9.93. The molecule has 2 atom stereocenters. The Morgan fingerprint density at radius 3 is 2.83 bits per heavy atom. The molecular weight excluding hydrogens is 292 g/mol. The lowest BCUT2D eigenvalue weighted by Crippen LogP contribution is -2.38. The largest absolute Gasteiger partial charge is 0.271 e. The molecule has 0 saturated carbocycles. The van der Waals surface area contributed by atoms with Crippen LogP contribution < -0.4 is 11.3 Å². The summed E-state index contributed by atoms with van der Waals surface area (Å²) in [7, 11) is -2.81. The Labute approximate surface area is 116 Å². The number of thiophene rings is 1. The van der Waals surface area contributed by atoms with Crippen molar-refractivity contribution in [1.29, 1.82) is 0 Å². The fraction of sp³-hybridized carbons (Fsp3) is 0.636. The van der Waals surface area contributed by atoms with Gasteiger partial charge in [-0.3, -0.25) is 11.3 Å². The van der Waals surface area contributed by atoms with E-state index < -0.39 is 9.84 Å². The predicted octanol–water partition coefficient (Wildman–Crippen LogP) is 1.60. The van der Waals surface area contributed by atoms with Gasteiger partial charge < -0.3 is 0 Å². The van der Waals surface area contributed by atoms with E-state index in [9.17, 15) is 8.42 Å². The number of nitrogens with two attached hydrogens (primary N) is 1. The maximum Gasteiger partial charge on any atom is 0.150 e. The number of halogens is 1. The molecule has 1 aliphatic heterocycles. The summed E-state index contributed by atoms with van der Waals surface area (Å²) in [6.07, 6.45) is 2.35. The van der Waals surface area contributed by atoms with Gasteiger partial charge in [-0.15, -0.1) is 11.3 Å². The number of sulfone groups is 1. The standard InChI is InChI=1S/C11H17ClN2O2S2/c12-11-2-1-10(17-11)6-9(14-13)5-8-3-4-18(15,16)7-8/h1-2,8-9,14H,3-7,13H2. The van der Waals surface area contributed by atoms with E-state index in [1.165, 1.54) is 4.88 Å². The lowest BCUT2D eigenvalue weighted by atomic mass is 9.97. The van der Waals surface area contributed by atoms with Gasteiger partial charge in [-0.1, -0.05) is 11.6 Å². The van der Waals surface area contributed by atoms with E-state index in [0.29, 0.717) is 11.5 Å². The molecule has 7 heteroatoms. The van der Waals surface area contributed by atoms with Crippen LogP contribution in [0.2, 0.25) is 4.34 Å². The minimum Gasteiger partial charge on any atom is -0.271 e. The van der Waals surface area contributed by atoms with E-state index in [0.717, 1.165) is 23.6 Å². The second kappa shape index (κ2) is 5.88. The van der Waals surface area contributed by atoms with Gasteiger partial charge in [-0.2, -0.15) is 0 Å². The zero-order chi connectivity index (χ0) is 13.2. The first-order valence-electron chi connectivity index (χ1n) is 5.89. The summed E-state index contributed by atoms with van der Waals surface area (Å²) in [6, 6.07) is 3.97. The molecule has 2 rings (SSSR count). The molecule has 0 radical (unpaired) electrons. The first kappa shape index (κ1) is 14.3. The molecule has 1 aliphatic rings. The van der Waals surface area contributed by atoms with Crippen molar-refractivity contribution >= 4 is 32.8 Å². The monoisotopic (exact) mass is 308 g/mol. The van der Waals surface area contributed by atoms with Gasteiger partial charge in [0.25, 0.3) is 0 Å². The Morgan fingerprint density at radius 2 is 2.33 bits per heavy atom. The van der Waals surface area contributed by atoms with E-state index in [2.05, 4.69) is 5.43 Å². The van der Waals surface area contributed by atoms with Crippen molar-refractivity contribution in [1.82, 2.24) is 5.43 Å². The minimum absolute atomic E-state index is 0.109. The molecule has 3 N–H and O–H groups in total. The van der Waals surface area contributed by atoms with E-state index in [4.69, 9.17) is 17.4 Å². The van der Waals surface area contributed by atoms with Crippen LogP contribution >= 0.6 is 22.9 Å². The quantitative estimate of drug-likeness (QED) is 0.640. The van der Waals surface area contributed by atoms with Gasteiger partial charge in [0.2, 0.25) is 0 Å². The average Bonchev–Trinajstić information content (AvgIpc) is 2.84. The van der Waals surface area contributed by atoms with Gasteiger partial charge in [-0.05, 0) is 37.3 Å². The Balaban J connectivity index is 1.90. The number of hydrogen-bond donors (Lipinski definition) is 2. The van der Waals surface area contributed by atoms with Crippen LogP contribution in [-0.4, -0.2) is 26.0 Å². The third-order valence-corrected chi connectivity index (χ3v) is 6.35. The fourth-order valence-corrected chi connectivity index (χ4v) is 5.42. The van der Waals surface area contributed by atoms with Gasteiger partial charge >= 0.3 is 0 Å². The lowest BCUT2D eigenvalue weighted by Gasteiger charge is -2.18. The van der Waals surface area contributed by atoms with Gasteiger partial charge in [0, 0.05) is 10.9 Å². The zero-order valence-corrected chi connectivity index (χ0v) is 12.3. The summed E-state index contributed by atoms with van der Waals surface area (Å²) in [5.74, 6) is 6.39. The molecule has 1 fully saturated rings. The van der Waals surface area contributed by atoms with Crippen LogP contribution in [-0.2, 0) is 16.3 Å². The van der Waals surface area contributed by atoms with Crippen LogP contribution in [0.4, 0.5) is 0 Å². The summed E-state index contributed by atoms with van der Waals surface area (Å²) < 4.78 is 23.6. The highest BCUT2D eigenvalue weighted by Gasteiger charge is 2.29. The second-order valence-electron chi connectivity index (χ2n) is 4.78. The van der Waals surface area contributed by atoms with Crippen LogP contribution in [0.15, 0.2) is 12.1 Å². The van der Waals surface area contributed by atoms with Gasteiger partial charge in [0.05, 0.1) is 15.8 Å². The molecule has 1 saturated heterocycles. The van der Waals surface area contributed by atoms with E-state index in [1.807, 2.05) is 12.1 Å². The van der Waals surface area contributed by atoms with Crippen molar-refractivity contribution in [3.05, 3.63) is 21.3 Å². The SMILES string of the molecule is NNC(Cc1ccc(Cl)s1)CC1CCS(=O)(=O)C1. The van der Waals surface area contributed by atoms with Crippen molar-refractivity contribution in [3.8, 4) is 0 Å². The number of rotatable bonds is 5. The molecule has 0 amide bonds. The highest BCUT2D eigenvalue weighted by atomic mass is 35.5. The molecule has 18 heavy (non-hydrogen) atoms. The maximum atomic E-state index is 11.4. The van der Waals surface area contributed by atoms with Crippen molar-refractivity contribution in [2.24, 2.45) is 11.8 Å². The fourth-order valence-electron chi connectivity index (χ4n) is 2.37. The van der Waals surface area contributed by atoms with E-state index in [-0.39, 0.29) is 12.0 Å². The second-order valence-corrected chi connectivity index (χ2v) is 8.81. The summed E-state index contributed by atoms with van der Waals surface area (Å²) in [5.41, 5.74) is 2.78. The van der Waals surface area contributed by atoms with E-state index in [1.54, 1.807) is 11.3 Å². The molecule has 0 spiro atoms. The minimum atomic E-state index is -2.81. The maximum absolute atomic E-state index is 11.4. The molecule has 2 unspecified atom stereocenters. The summed E-state index contributed by atoms with van der Waals surface area (Å²) >= 11 is 7.42. The van der Waals surface area contributed by atoms with Crippen molar-refractivity contribution < 1.29 is 8.42 Å². The molecule has 102 valence electrons. The molecule has 0 aliphatic carbocycles. The first-order chi connectivity index (χ1) is 8.48. The molecule has 0 bridgehead atoms. The lowest BCUT2D eigenvalue weighted by molar-refractivity contribution is 0.410. The smallest absolute Gasteiger partial charge is 0.150 e. The summed E-state index contributed by atoms with van der Waals surface area (Å²) in [6.45, 7) is 0. The summed E-state index contributed by atoms with van der Waals surface area (Å²) in [5, 5.41) is 0. The third-order valence-electron chi connectivity index (χ3n) is 3.26. The third kappa shape index (κ3) is 3.93. The number of hydrogen-bond acceptors (Lipinski definition) is 5. The molecule has 0 aromatic carbocycles. The Hall–Kier alpha value is -0.140. The van der Waals surface area contributed by atoms with Crippen molar-refractivity contribution in [2.45, 2.75) is 25.3 Å². The van der Waals surface area contributed by atoms with Crippen LogP contribution in [0.1, 0.15) is 17.7 Å². The van der Waals surface area contributed by atoms with Crippen LogP contribution in [0, 0.1) is 5.92 Å². The molecule has 1 aromatic heterocycles. The summed E-state index contributed by atoms with van der Waals surface area (Å²) in [4.78, 5) is 1.17. The van der Waals surface area contributed by atoms with Crippen molar-refractivity contribution in [2.75, 3.05) is 11.5 Å². The van der Waals surface area contributed by atoms with Gasteiger partial charge in [-0.25, -0.2) is 8.42 Å². The molecule has 1 aromatic rings. The Kier molecular flexibility index (Phi) is 4.66. The Bertz CT molecular complexity index is 501. The van der Waals surface area contributed by atoms with E-state index >= 15 is 0 Å². The van der Waals surface area contributed by atoms with Gasteiger partial charge in [0.1, 0.15) is 0 Å². The first-order valence-corrected chi connectivity index (χ1v) is 8.91. The van der Waals surface area contributed by atoms with Crippen molar-refractivity contribution in [3.63, 3.8) is 0 Å². The Morgan fingerprint density at radius 1 is 1.56 bits per heavy atom. The van der Waals surface area contributed by atoms with Crippen LogP contribution in [0.5, 0.6) is 0 Å². The molecule has 2 heterocycles. The number of hydrazine groups is 1. The van der Waals surface area contributed by atoms with Gasteiger partial charge in [0.15, 0.2) is 9.84 Å². The highest BCUT2D eigenvalue weighted by molar-refractivity contribution is 7.91. The molecular formula is C11H17ClN2O2S2. The molecule has 4 nitrogen and oxygen atoms in total. The topological polar surface area (TPSA) is 72.2 Å². The van der Waals surface area contributed by atoms with Crippen LogP contribution in [0.3, 0.4) is 0 Å².